The van der Waals surface area contributed by atoms with Crippen molar-refractivity contribution >= 4 is 23.4 Å². The maximum atomic E-state index is 11.6. The van der Waals surface area contributed by atoms with Crippen LogP contribution in [0.2, 0.25) is 0 Å². The first-order chi connectivity index (χ1) is 18.1. The number of fused-ring (bicyclic) bond motifs is 1. The van der Waals surface area contributed by atoms with Crippen molar-refractivity contribution in [2.24, 2.45) is 4.99 Å². The SMILES string of the molecule is C[C@H]1COCCN1c1nc(-c2ccc(Nc3nccc(=O)[nH]3)cc2)nc2c1CCN(C1=NCCCN1)C2. The van der Waals surface area contributed by atoms with E-state index in [0.29, 0.717) is 31.5 Å². The van der Waals surface area contributed by atoms with Gasteiger partial charge in [-0.3, -0.25) is 14.8 Å². The largest absolute Gasteiger partial charge is 0.377 e. The van der Waals surface area contributed by atoms with Gasteiger partial charge in [0.05, 0.1) is 31.5 Å². The van der Waals surface area contributed by atoms with E-state index in [1.807, 2.05) is 24.3 Å². The van der Waals surface area contributed by atoms with Crippen molar-refractivity contribution in [3.63, 3.8) is 0 Å². The first-order valence-corrected chi connectivity index (χ1v) is 12.8. The molecule has 0 radical (unpaired) electrons. The van der Waals surface area contributed by atoms with E-state index in [2.05, 4.69) is 37.3 Å². The number of morpholine rings is 1. The topological polar surface area (TPSA) is 124 Å². The van der Waals surface area contributed by atoms with Crippen LogP contribution >= 0.6 is 0 Å². The third-order valence-electron chi connectivity index (χ3n) is 6.94. The smallest absolute Gasteiger partial charge is 0.252 e. The van der Waals surface area contributed by atoms with Crippen LogP contribution in [-0.4, -0.2) is 76.2 Å². The molecule has 0 unspecified atom stereocenters. The average molecular weight is 502 g/mol. The van der Waals surface area contributed by atoms with Crippen molar-refractivity contribution in [1.82, 2.24) is 30.2 Å². The Labute approximate surface area is 215 Å². The van der Waals surface area contributed by atoms with E-state index < -0.39 is 0 Å². The molecule has 0 spiro atoms. The molecule has 2 aromatic heterocycles. The van der Waals surface area contributed by atoms with Gasteiger partial charge >= 0.3 is 0 Å². The molecule has 0 aliphatic carbocycles. The van der Waals surface area contributed by atoms with Crippen LogP contribution < -0.4 is 21.1 Å². The molecule has 3 aromatic rings. The minimum atomic E-state index is -0.204. The summed E-state index contributed by atoms with van der Waals surface area (Å²) in [6.45, 7) is 7.81. The number of rotatable bonds is 4. The Morgan fingerprint density at radius 1 is 1.14 bits per heavy atom. The Hall–Kier alpha value is -3.99. The van der Waals surface area contributed by atoms with Crippen molar-refractivity contribution in [3.8, 4) is 11.4 Å². The third-order valence-corrected chi connectivity index (χ3v) is 6.94. The summed E-state index contributed by atoms with van der Waals surface area (Å²) in [5.74, 6) is 3.09. The zero-order valence-electron chi connectivity index (χ0n) is 20.9. The number of aromatic nitrogens is 4. The van der Waals surface area contributed by atoms with Gasteiger partial charge in [-0.25, -0.2) is 15.0 Å². The molecule has 192 valence electrons. The van der Waals surface area contributed by atoms with E-state index in [0.717, 1.165) is 67.7 Å². The summed E-state index contributed by atoms with van der Waals surface area (Å²) in [5.41, 5.74) is 3.81. The molecule has 1 saturated heterocycles. The van der Waals surface area contributed by atoms with E-state index in [1.165, 1.54) is 17.8 Å². The fraction of sp³-hybridized carbons (Fsp3) is 0.423. The van der Waals surface area contributed by atoms with Crippen molar-refractivity contribution in [3.05, 3.63) is 58.1 Å². The number of benzene rings is 1. The molecule has 0 amide bonds. The van der Waals surface area contributed by atoms with E-state index in [4.69, 9.17) is 19.7 Å². The maximum absolute atomic E-state index is 11.6. The Bertz CT molecular complexity index is 1350. The molecule has 1 fully saturated rings. The van der Waals surface area contributed by atoms with Gasteiger partial charge in [0.15, 0.2) is 11.8 Å². The molecule has 6 rings (SSSR count). The molecule has 11 heteroatoms. The Morgan fingerprint density at radius 3 is 2.81 bits per heavy atom. The fourth-order valence-corrected chi connectivity index (χ4v) is 5.00. The van der Waals surface area contributed by atoms with Crippen LogP contribution in [-0.2, 0) is 17.7 Å². The van der Waals surface area contributed by atoms with Gasteiger partial charge in [-0.1, -0.05) is 0 Å². The average Bonchev–Trinajstić information content (AvgIpc) is 2.93. The number of aliphatic imine (C=N–C) groups is 1. The number of ether oxygens (including phenoxy) is 1. The van der Waals surface area contributed by atoms with Gasteiger partial charge in [-0.2, -0.15) is 0 Å². The Kier molecular flexibility index (Phi) is 6.44. The quantitative estimate of drug-likeness (QED) is 0.492. The molecule has 5 heterocycles. The van der Waals surface area contributed by atoms with Gasteiger partial charge in [0, 0.05) is 55.3 Å². The van der Waals surface area contributed by atoms with Gasteiger partial charge in [-0.15, -0.1) is 0 Å². The van der Waals surface area contributed by atoms with Crippen molar-refractivity contribution in [2.45, 2.75) is 32.4 Å². The first-order valence-electron chi connectivity index (χ1n) is 12.8. The van der Waals surface area contributed by atoms with Crippen LogP contribution in [0.4, 0.5) is 17.5 Å². The van der Waals surface area contributed by atoms with E-state index >= 15 is 0 Å². The zero-order chi connectivity index (χ0) is 25.2. The second-order valence-electron chi connectivity index (χ2n) is 9.56. The lowest BCUT2D eigenvalue weighted by atomic mass is 10.0. The lowest BCUT2D eigenvalue weighted by Crippen LogP contribution is -2.48. The molecule has 0 bridgehead atoms. The second kappa shape index (κ2) is 10.2. The van der Waals surface area contributed by atoms with Gasteiger partial charge in [0.25, 0.3) is 5.56 Å². The van der Waals surface area contributed by atoms with Gasteiger partial charge < -0.3 is 25.2 Å². The highest BCUT2D eigenvalue weighted by molar-refractivity contribution is 5.81. The Morgan fingerprint density at radius 2 is 2.03 bits per heavy atom. The van der Waals surface area contributed by atoms with Crippen LogP contribution in [0.25, 0.3) is 11.4 Å². The number of anilines is 3. The lowest BCUT2D eigenvalue weighted by Gasteiger charge is -2.38. The van der Waals surface area contributed by atoms with E-state index in [-0.39, 0.29) is 11.6 Å². The Balaban J connectivity index is 1.33. The molecule has 1 atom stereocenters. The maximum Gasteiger partial charge on any atom is 0.252 e. The van der Waals surface area contributed by atoms with Gasteiger partial charge in [-0.05, 0) is 44.0 Å². The third kappa shape index (κ3) is 4.99. The number of hydrogen-bond acceptors (Lipinski definition) is 10. The van der Waals surface area contributed by atoms with Crippen LogP contribution in [0.5, 0.6) is 0 Å². The summed E-state index contributed by atoms with van der Waals surface area (Å²) in [4.78, 5) is 37.9. The van der Waals surface area contributed by atoms with Gasteiger partial charge in [0.2, 0.25) is 5.95 Å². The highest BCUT2D eigenvalue weighted by Crippen LogP contribution is 2.32. The van der Waals surface area contributed by atoms with Crippen LogP contribution in [0.15, 0.2) is 46.3 Å². The molecular formula is C26H31N9O2. The number of nitrogens with one attached hydrogen (secondary N) is 3. The molecule has 3 aliphatic rings. The molecule has 3 aliphatic heterocycles. The molecule has 37 heavy (non-hydrogen) atoms. The molecule has 1 aromatic carbocycles. The molecular weight excluding hydrogens is 470 g/mol. The zero-order valence-corrected chi connectivity index (χ0v) is 20.9. The normalized spacial score (nSPS) is 19.6. The summed E-state index contributed by atoms with van der Waals surface area (Å²) in [6.07, 6.45) is 3.42. The van der Waals surface area contributed by atoms with Crippen molar-refractivity contribution in [2.75, 3.05) is 49.6 Å². The number of hydrogen-bond donors (Lipinski definition) is 3. The van der Waals surface area contributed by atoms with Crippen LogP contribution in [0, 0.1) is 0 Å². The molecule has 3 N–H and O–H groups in total. The number of guanidine groups is 1. The highest BCUT2D eigenvalue weighted by atomic mass is 16.5. The van der Waals surface area contributed by atoms with Crippen molar-refractivity contribution < 1.29 is 4.74 Å². The molecule has 0 saturated carbocycles. The summed E-state index contributed by atoms with van der Waals surface area (Å²) >= 11 is 0. The van der Waals surface area contributed by atoms with Crippen LogP contribution in [0.3, 0.4) is 0 Å². The number of nitrogens with zero attached hydrogens (tertiary/aromatic N) is 6. The minimum Gasteiger partial charge on any atom is -0.377 e. The van der Waals surface area contributed by atoms with E-state index in [9.17, 15) is 4.79 Å². The standard InChI is InChI=1S/C26H31N9O2/c1-17-16-37-14-13-35(17)24-20-8-12-34(26-28-9-2-10-29-26)15-21(20)31-23(33-24)18-3-5-19(6-4-18)30-25-27-11-7-22(36)32-25/h3-7,11,17H,2,8-10,12-16H2,1H3,(H,28,29)(H2,27,30,32,36)/t17-/m0/s1. The minimum absolute atomic E-state index is 0.204. The van der Waals surface area contributed by atoms with Crippen LogP contribution in [0.1, 0.15) is 24.6 Å². The summed E-state index contributed by atoms with van der Waals surface area (Å²) in [5, 5.41) is 6.58. The second-order valence-corrected chi connectivity index (χ2v) is 9.56. The number of aromatic amines is 1. The summed E-state index contributed by atoms with van der Waals surface area (Å²) in [7, 11) is 0. The van der Waals surface area contributed by atoms with E-state index in [1.54, 1.807) is 0 Å². The molecule has 11 nitrogen and oxygen atoms in total. The van der Waals surface area contributed by atoms with Gasteiger partial charge in [0.1, 0.15) is 5.82 Å². The highest BCUT2D eigenvalue weighted by Gasteiger charge is 2.30. The van der Waals surface area contributed by atoms with Crippen molar-refractivity contribution in [1.29, 1.82) is 0 Å². The lowest BCUT2D eigenvalue weighted by molar-refractivity contribution is 0.0983. The number of H-pyrrole nitrogens is 1. The predicted molar refractivity (Wildman–Crippen MR) is 142 cm³/mol. The predicted octanol–water partition coefficient (Wildman–Crippen LogP) is 1.90. The summed E-state index contributed by atoms with van der Waals surface area (Å²) in [6, 6.07) is 9.49. The fourth-order valence-electron chi connectivity index (χ4n) is 5.00. The monoisotopic (exact) mass is 501 g/mol. The first kappa shape index (κ1) is 23.4. The summed E-state index contributed by atoms with van der Waals surface area (Å²) < 4.78 is 5.71.